The number of nitrogens with zero attached hydrogens (tertiary/aromatic N) is 1. The Morgan fingerprint density at radius 2 is 2.06 bits per heavy atom. The highest BCUT2D eigenvalue weighted by atomic mass is 35.5. The van der Waals surface area contributed by atoms with Crippen LogP contribution in [0.4, 0.5) is 5.69 Å². The number of hydrogen-bond donors (Lipinski definition) is 0. The molecule has 2 rings (SSSR count). The van der Waals surface area contributed by atoms with Crippen molar-refractivity contribution in [2.45, 2.75) is 12.2 Å². The van der Waals surface area contributed by atoms with E-state index in [1.807, 2.05) is 0 Å². The first kappa shape index (κ1) is 11.5. The highest BCUT2D eigenvalue weighted by molar-refractivity contribution is 8.01. The van der Waals surface area contributed by atoms with E-state index in [2.05, 4.69) is 0 Å². The predicted molar refractivity (Wildman–Crippen MR) is 65.9 cm³/mol. The number of amides is 2. The van der Waals surface area contributed by atoms with Crippen LogP contribution < -0.4 is 4.90 Å². The van der Waals surface area contributed by atoms with Crippen molar-refractivity contribution in [1.29, 1.82) is 0 Å². The molecule has 0 aliphatic carbocycles. The second-order valence-electron chi connectivity index (χ2n) is 3.47. The van der Waals surface area contributed by atoms with Crippen molar-refractivity contribution >= 4 is 40.9 Å². The Bertz CT molecular complexity index is 449. The first-order chi connectivity index (χ1) is 7.61. The lowest BCUT2D eigenvalue weighted by Gasteiger charge is -2.28. The van der Waals surface area contributed by atoms with Crippen molar-refractivity contribution in [1.82, 2.24) is 0 Å². The minimum absolute atomic E-state index is 0.200. The van der Waals surface area contributed by atoms with E-state index < -0.39 is 0 Å². The number of imide groups is 1. The Morgan fingerprint density at radius 3 is 2.75 bits per heavy atom. The fraction of sp³-hybridized carbons (Fsp3) is 0.273. The van der Waals surface area contributed by atoms with E-state index in [1.54, 1.807) is 31.2 Å². The van der Waals surface area contributed by atoms with Gasteiger partial charge in [0.2, 0.25) is 11.8 Å². The lowest BCUT2D eigenvalue weighted by molar-refractivity contribution is -0.125. The van der Waals surface area contributed by atoms with Gasteiger partial charge in [0, 0.05) is 0 Å². The summed E-state index contributed by atoms with van der Waals surface area (Å²) in [7, 11) is 0. The lowest BCUT2D eigenvalue weighted by Crippen LogP contribution is -2.46. The predicted octanol–water partition coefficient (Wildman–Crippen LogP) is 2.33. The zero-order chi connectivity index (χ0) is 11.7. The smallest absolute Gasteiger partial charge is 0.246 e. The Labute approximate surface area is 103 Å². The van der Waals surface area contributed by atoms with Crippen LogP contribution >= 0.6 is 23.4 Å². The maximum Gasteiger partial charge on any atom is 0.246 e. The van der Waals surface area contributed by atoms with Crippen molar-refractivity contribution in [3.8, 4) is 0 Å². The van der Waals surface area contributed by atoms with E-state index in [9.17, 15) is 9.59 Å². The molecule has 1 aliphatic rings. The molecule has 1 atom stereocenters. The maximum absolute atomic E-state index is 11.9. The van der Waals surface area contributed by atoms with Crippen LogP contribution in [-0.4, -0.2) is 22.8 Å². The average molecular weight is 256 g/mol. The number of carbonyl (C=O) groups is 2. The van der Waals surface area contributed by atoms with Crippen LogP contribution in [0, 0.1) is 0 Å². The molecule has 0 radical (unpaired) electrons. The quantitative estimate of drug-likeness (QED) is 0.723. The van der Waals surface area contributed by atoms with Crippen LogP contribution in [0.25, 0.3) is 0 Å². The molecule has 1 heterocycles. The Balaban J connectivity index is 2.42. The van der Waals surface area contributed by atoms with Gasteiger partial charge in [-0.05, 0) is 19.1 Å². The molecule has 0 bridgehead atoms. The normalized spacial score (nSPS) is 21.4. The molecular weight excluding hydrogens is 246 g/mol. The number of para-hydroxylation sites is 1. The second kappa shape index (κ2) is 4.47. The second-order valence-corrected chi connectivity index (χ2v) is 5.21. The standard InChI is InChI=1S/C11H10ClNO2S/c1-7-11(15)13(10(14)6-16-7)9-5-3-2-4-8(9)12/h2-5,7H,6H2,1H3/t7-/m1/s1. The molecule has 0 N–H and O–H groups in total. The number of thioether (sulfide) groups is 1. The Kier molecular flexibility index (Phi) is 3.21. The van der Waals surface area contributed by atoms with E-state index in [0.717, 1.165) is 0 Å². The number of anilines is 1. The molecule has 3 nitrogen and oxygen atoms in total. The molecule has 1 fully saturated rings. The maximum atomic E-state index is 11.9. The number of carbonyl (C=O) groups excluding carboxylic acids is 2. The minimum atomic E-state index is -0.207. The molecular formula is C11H10ClNO2S. The van der Waals surface area contributed by atoms with Gasteiger partial charge in [-0.3, -0.25) is 9.59 Å². The van der Waals surface area contributed by atoms with Crippen LogP contribution in [0.3, 0.4) is 0 Å². The van der Waals surface area contributed by atoms with Crippen molar-refractivity contribution in [2.75, 3.05) is 10.7 Å². The largest absolute Gasteiger partial charge is 0.273 e. The summed E-state index contributed by atoms with van der Waals surface area (Å²) in [6.45, 7) is 1.79. The van der Waals surface area contributed by atoms with E-state index >= 15 is 0 Å². The molecule has 0 saturated carbocycles. The van der Waals surface area contributed by atoms with Crippen LogP contribution in [0.1, 0.15) is 6.92 Å². The van der Waals surface area contributed by atoms with Gasteiger partial charge in [0.25, 0.3) is 0 Å². The fourth-order valence-electron chi connectivity index (χ4n) is 1.52. The zero-order valence-corrected chi connectivity index (χ0v) is 10.2. The molecule has 1 aromatic carbocycles. The van der Waals surface area contributed by atoms with E-state index in [-0.39, 0.29) is 17.1 Å². The SMILES string of the molecule is C[C@H]1SCC(=O)N(c2ccccc2Cl)C1=O. The van der Waals surface area contributed by atoms with Crippen molar-refractivity contribution in [2.24, 2.45) is 0 Å². The number of halogens is 1. The third-order valence-electron chi connectivity index (χ3n) is 2.37. The van der Waals surface area contributed by atoms with Gasteiger partial charge in [-0.1, -0.05) is 23.7 Å². The zero-order valence-electron chi connectivity index (χ0n) is 8.64. The van der Waals surface area contributed by atoms with Crippen molar-refractivity contribution in [3.63, 3.8) is 0 Å². The average Bonchev–Trinajstić information content (AvgIpc) is 2.27. The van der Waals surface area contributed by atoms with Gasteiger partial charge < -0.3 is 0 Å². The number of rotatable bonds is 1. The summed E-state index contributed by atoms with van der Waals surface area (Å²) in [5.41, 5.74) is 0.478. The molecule has 16 heavy (non-hydrogen) atoms. The van der Waals surface area contributed by atoms with E-state index in [0.29, 0.717) is 16.5 Å². The van der Waals surface area contributed by atoms with Gasteiger partial charge in [0.1, 0.15) is 0 Å². The topological polar surface area (TPSA) is 37.4 Å². The Hall–Kier alpha value is -1.00. The molecule has 0 spiro atoms. The Morgan fingerprint density at radius 1 is 1.38 bits per heavy atom. The van der Waals surface area contributed by atoms with Gasteiger partial charge in [-0.2, -0.15) is 0 Å². The fourth-order valence-corrected chi connectivity index (χ4v) is 2.51. The lowest BCUT2D eigenvalue weighted by atomic mass is 10.2. The third-order valence-corrected chi connectivity index (χ3v) is 3.80. The molecule has 1 aromatic rings. The molecule has 5 heteroatoms. The molecule has 1 saturated heterocycles. The first-order valence-corrected chi connectivity index (χ1v) is 6.27. The minimum Gasteiger partial charge on any atom is -0.273 e. The molecule has 0 unspecified atom stereocenters. The van der Waals surface area contributed by atoms with Crippen LogP contribution in [0.5, 0.6) is 0 Å². The summed E-state index contributed by atoms with van der Waals surface area (Å²) in [6, 6.07) is 6.88. The van der Waals surface area contributed by atoms with Gasteiger partial charge in [-0.15, -0.1) is 11.8 Å². The third kappa shape index (κ3) is 1.95. The van der Waals surface area contributed by atoms with E-state index in [4.69, 9.17) is 11.6 Å². The van der Waals surface area contributed by atoms with E-state index in [1.165, 1.54) is 16.7 Å². The molecule has 2 amide bonds. The van der Waals surface area contributed by atoms with Gasteiger partial charge >= 0.3 is 0 Å². The van der Waals surface area contributed by atoms with Gasteiger partial charge in [0.05, 0.1) is 21.7 Å². The molecule has 0 aromatic heterocycles. The van der Waals surface area contributed by atoms with Gasteiger partial charge in [-0.25, -0.2) is 4.90 Å². The van der Waals surface area contributed by atoms with Crippen molar-refractivity contribution < 1.29 is 9.59 Å². The summed E-state index contributed by atoms with van der Waals surface area (Å²) in [4.78, 5) is 24.8. The monoisotopic (exact) mass is 255 g/mol. The first-order valence-electron chi connectivity index (χ1n) is 4.84. The summed E-state index contributed by atoms with van der Waals surface area (Å²) < 4.78 is 0. The summed E-state index contributed by atoms with van der Waals surface area (Å²) >= 11 is 7.34. The highest BCUT2D eigenvalue weighted by Gasteiger charge is 2.34. The van der Waals surface area contributed by atoms with Crippen molar-refractivity contribution in [3.05, 3.63) is 29.3 Å². The summed E-state index contributed by atoms with van der Waals surface area (Å²) in [5, 5.41) is 0.220. The van der Waals surface area contributed by atoms with Crippen LogP contribution in [0.2, 0.25) is 5.02 Å². The van der Waals surface area contributed by atoms with Gasteiger partial charge in [0.15, 0.2) is 0 Å². The van der Waals surface area contributed by atoms with Crippen LogP contribution in [0.15, 0.2) is 24.3 Å². The highest BCUT2D eigenvalue weighted by Crippen LogP contribution is 2.30. The molecule has 84 valence electrons. The van der Waals surface area contributed by atoms with Crippen LogP contribution in [-0.2, 0) is 9.59 Å². The summed E-state index contributed by atoms with van der Waals surface area (Å²) in [5.74, 6) is -0.0893. The number of benzene rings is 1. The summed E-state index contributed by atoms with van der Waals surface area (Å²) in [6.07, 6.45) is 0. The number of hydrogen-bond acceptors (Lipinski definition) is 3. The molecule has 1 aliphatic heterocycles.